The molecule has 1 atom stereocenters. The summed E-state index contributed by atoms with van der Waals surface area (Å²) in [6.07, 6.45) is 1.38. The Hall–Kier alpha value is -2.30. The number of rotatable bonds is 4. The maximum Gasteiger partial charge on any atom is 0.308 e. The summed E-state index contributed by atoms with van der Waals surface area (Å²) in [7, 11) is 0. The predicted molar refractivity (Wildman–Crippen MR) is 65.3 cm³/mol. The third-order valence-electron chi connectivity index (χ3n) is 2.72. The molecule has 2 N–H and O–H groups in total. The lowest BCUT2D eigenvalue weighted by molar-refractivity contribution is -0.140. The van der Waals surface area contributed by atoms with Gasteiger partial charge in [-0.3, -0.25) is 9.59 Å². The molecule has 1 amide bonds. The van der Waals surface area contributed by atoms with Crippen LogP contribution in [0.15, 0.2) is 34.9 Å². The van der Waals surface area contributed by atoms with Gasteiger partial charge in [0, 0.05) is 11.9 Å². The van der Waals surface area contributed by atoms with Crippen molar-refractivity contribution in [3.05, 3.63) is 36.1 Å². The van der Waals surface area contributed by atoms with Gasteiger partial charge in [0.05, 0.1) is 11.5 Å². The van der Waals surface area contributed by atoms with E-state index in [4.69, 9.17) is 9.52 Å². The molecule has 94 valence electrons. The average Bonchev–Trinajstić information content (AvgIpc) is 2.79. The minimum atomic E-state index is -0.938. The average molecular weight is 247 g/mol. The summed E-state index contributed by atoms with van der Waals surface area (Å²) in [6.45, 7) is 1.63. The van der Waals surface area contributed by atoms with E-state index in [2.05, 4.69) is 5.32 Å². The van der Waals surface area contributed by atoms with Gasteiger partial charge >= 0.3 is 5.97 Å². The molecule has 5 heteroatoms. The molecule has 1 unspecified atom stereocenters. The van der Waals surface area contributed by atoms with E-state index >= 15 is 0 Å². The van der Waals surface area contributed by atoms with Gasteiger partial charge in [0.25, 0.3) is 5.91 Å². The highest BCUT2D eigenvalue weighted by Gasteiger charge is 2.16. The van der Waals surface area contributed by atoms with Gasteiger partial charge in [-0.2, -0.15) is 0 Å². The summed E-state index contributed by atoms with van der Waals surface area (Å²) >= 11 is 0. The molecule has 1 aromatic heterocycles. The van der Waals surface area contributed by atoms with Crippen LogP contribution in [0.5, 0.6) is 0 Å². The summed E-state index contributed by atoms with van der Waals surface area (Å²) in [4.78, 5) is 22.5. The first-order chi connectivity index (χ1) is 8.59. The van der Waals surface area contributed by atoms with Gasteiger partial charge in [-0.1, -0.05) is 25.1 Å². The lowest BCUT2D eigenvalue weighted by atomic mass is 10.1. The second-order valence-corrected chi connectivity index (χ2v) is 4.09. The van der Waals surface area contributed by atoms with Crippen molar-refractivity contribution in [1.29, 1.82) is 0 Å². The number of amides is 1. The molecule has 0 fully saturated rings. The number of carboxylic acid groups (broad SMARTS) is 1. The van der Waals surface area contributed by atoms with Crippen molar-refractivity contribution in [2.75, 3.05) is 6.54 Å². The molecular weight excluding hydrogens is 234 g/mol. The monoisotopic (exact) mass is 247 g/mol. The number of hydrogen-bond donors (Lipinski definition) is 2. The molecule has 0 aliphatic rings. The Morgan fingerprint density at radius 2 is 2.11 bits per heavy atom. The number of nitrogens with one attached hydrogen (secondary N) is 1. The zero-order valence-electron chi connectivity index (χ0n) is 9.84. The molecule has 0 saturated carbocycles. The summed E-state index contributed by atoms with van der Waals surface area (Å²) in [5, 5.41) is 12.0. The first-order valence-electron chi connectivity index (χ1n) is 5.57. The van der Waals surface area contributed by atoms with E-state index in [0.29, 0.717) is 11.1 Å². The zero-order chi connectivity index (χ0) is 13.1. The lowest BCUT2D eigenvalue weighted by Crippen LogP contribution is -2.31. The second-order valence-electron chi connectivity index (χ2n) is 4.09. The largest absolute Gasteiger partial charge is 0.481 e. The number of benzene rings is 1. The van der Waals surface area contributed by atoms with Crippen LogP contribution >= 0.6 is 0 Å². The number of carboxylic acids is 1. The van der Waals surface area contributed by atoms with E-state index in [-0.39, 0.29) is 12.5 Å². The highest BCUT2D eigenvalue weighted by atomic mass is 16.4. The fourth-order valence-electron chi connectivity index (χ4n) is 1.58. The molecule has 18 heavy (non-hydrogen) atoms. The van der Waals surface area contributed by atoms with Crippen molar-refractivity contribution in [1.82, 2.24) is 5.32 Å². The molecule has 0 aliphatic carbocycles. The molecule has 2 rings (SSSR count). The van der Waals surface area contributed by atoms with Crippen molar-refractivity contribution >= 4 is 22.8 Å². The van der Waals surface area contributed by atoms with Crippen LogP contribution in [0.4, 0.5) is 0 Å². The van der Waals surface area contributed by atoms with Crippen LogP contribution in [-0.2, 0) is 4.79 Å². The zero-order valence-corrected chi connectivity index (χ0v) is 9.84. The molecule has 1 heterocycles. The smallest absolute Gasteiger partial charge is 0.308 e. The normalized spacial score (nSPS) is 12.3. The minimum Gasteiger partial charge on any atom is -0.481 e. The number of fused-ring (bicyclic) bond motifs is 1. The van der Waals surface area contributed by atoms with Crippen molar-refractivity contribution in [3.8, 4) is 0 Å². The Labute approximate surface area is 103 Å². The van der Waals surface area contributed by atoms with Crippen molar-refractivity contribution < 1.29 is 19.1 Å². The van der Waals surface area contributed by atoms with Crippen molar-refractivity contribution in [3.63, 3.8) is 0 Å². The van der Waals surface area contributed by atoms with Crippen LogP contribution < -0.4 is 5.32 Å². The third-order valence-corrected chi connectivity index (χ3v) is 2.72. The number of furan rings is 1. The topological polar surface area (TPSA) is 79.5 Å². The number of carbonyl (C=O) groups excluding carboxylic acids is 1. The van der Waals surface area contributed by atoms with E-state index in [1.165, 1.54) is 13.2 Å². The van der Waals surface area contributed by atoms with Crippen molar-refractivity contribution in [2.24, 2.45) is 5.92 Å². The van der Waals surface area contributed by atoms with E-state index in [9.17, 15) is 9.59 Å². The Kier molecular flexibility index (Phi) is 3.32. The maximum absolute atomic E-state index is 11.9. The Morgan fingerprint density at radius 3 is 2.83 bits per heavy atom. The van der Waals surface area contributed by atoms with E-state index in [0.717, 1.165) is 5.39 Å². The number of carbonyl (C=O) groups is 2. The molecule has 5 nitrogen and oxygen atoms in total. The Morgan fingerprint density at radius 1 is 1.39 bits per heavy atom. The van der Waals surface area contributed by atoms with Gasteiger partial charge in [-0.05, 0) is 6.07 Å². The van der Waals surface area contributed by atoms with Crippen LogP contribution in [0, 0.1) is 5.92 Å². The quantitative estimate of drug-likeness (QED) is 0.864. The summed E-state index contributed by atoms with van der Waals surface area (Å²) in [5.41, 5.74) is 1.05. The first kappa shape index (κ1) is 12.2. The number of aliphatic carboxylic acids is 1. The SMILES string of the molecule is CC(CNC(=O)c1coc2ccccc12)C(=O)O. The summed E-state index contributed by atoms with van der Waals surface area (Å²) in [6, 6.07) is 7.19. The molecule has 0 bridgehead atoms. The fraction of sp³-hybridized carbons (Fsp3) is 0.231. The van der Waals surface area contributed by atoms with Gasteiger partial charge < -0.3 is 14.8 Å². The van der Waals surface area contributed by atoms with Gasteiger partial charge in [0.15, 0.2) is 0 Å². The molecule has 1 aromatic carbocycles. The summed E-state index contributed by atoms with van der Waals surface area (Å²) < 4.78 is 5.25. The van der Waals surface area contributed by atoms with Crippen LogP contribution in [0.3, 0.4) is 0 Å². The highest BCUT2D eigenvalue weighted by Crippen LogP contribution is 2.20. The Bertz CT molecular complexity index is 587. The van der Waals surface area contributed by atoms with Gasteiger partial charge in [0.2, 0.25) is 0 Å². The van der Waals surface area contributed by atoms with Crippen LogP contribution in [0.1, 0.15) is 17.3 Å². The standard InChI is InChI=1S/C13H13NO4/c1-8(13(16)17)6-14-12(15)10-7-18-11-5-3-2-4-9(10)11/h2-5,7-8H,6H2,1H3,(H,14,15)(H,16,17). The first-order valence-corrected chi connectivity index (χ1v) is 5.57. The minimum absolute atomic E-state index is 0.0909. The Balaban J connectivity index is 2.12. The second kappa shape index (κ2) is 4.91. The van der Waals surface area contributed by atoms with Gasteiger partial charge in [0.1, 0.15) is 11.8 Å². The van der Waals surface area contributed by atoms with Gasteiger partial charge in [-0.15, -0.1) is 0 Å². The van der Waals surface area contributed by atoms with Crippen LogP contribution in [0.2, 0.25) is 0 Å². The number of para-hydroxylation sites is 1. The van der Waals surface area contributed by atoms with E-state index in [1.807, 2.05) is 12.1 Å². The van der Waals surface area contributed by atoms with E-state index < -0.39 is 11.9 Å². The summed E-state index contributed by atoms with van der Waals surface area (Å²) in [5.74, 6) is -1.88. The molecular formula is C13H13NO4. The molecule has 0 radical (unpaired) electrons. The number of hydrogen-bond acceptors (Lipinski definition) is 3. The molecule has 0 saturated heterocycles. The fourth-order valence-corrected chi connectivity index (χ4v) is 1.58. The van der Waals surface area contributed by atoms with Gasteiger partial charge in [-0.25, -0.2) is 0 Å². The van der Waals surface area contributed by atoms with Crippen LogP contribution in [-0.4, -0.2) is 23.5 Å². The van der Waals surface area contributed by atoms with Crippen LogP contribution in [0.25, 0.3) is 11.0 Å². The van der Waals surface area contributed by atoms with E-state index in [1.54, 1.807) is 12.1 Å². The third kappa shape index (κ3) is 2.34. The van der Waals surface area contributed by atoms with Crippen molar-refractivity contribution in [2.45, 2.75) is 6.92 Å². The highest BCUT2D eigenvalue weighted by molar-refractivity contribution is 6.05. The predicted octanol–water partition coefficient (Wildman–Crippen LogP) is 1.88. The lowest BCUT2D eigenvalue weighted by Gasteiger charge is -2.07. The molecule has 0 spiro atoms. The molecule has 2 aromatic rings. The molecule has 0 aliphatic heterocycles. The maximum atomic E-state index is 11.9.